The predicted octanol–water partition coefficient (Wildman–Crippen LogP) is 0.597. The standard InChI is InChI=1S/C14H17NO6S/c1-22(18,19)13-6-12-11(20-2-3-21-12)5-9(13)10-4-8(7-15-10)14(16)17/h5-6,8,10,15H,2-4,7H2,1H3,(H,16,17). The quantitative estimate of drug-likeness (QED) is 0.838. The highest BCUT2D eigenvalue weighted by Crippen LogP contribution is 2.40. The van der Waals surface area contributed by atoms with Gasteiger partial charge in [-0.05, 0) is 18.1 Å². The maximum atomic E-state index is 12.1. The first-order valence-electron chi connectivity index (χ1n) is 6.96. The van der Waals surface area contributed by atoms with Crippen LogP contribution in [0.3, 0.4) is 0 Å². The average Bonchev–Trinajstić information content (AvgIpc) is 2.95. The number of fused-ring (bicyclic) bond motifs is 1. The number of benzene rings is 1. The van der Waals surface area contributed by atoms with Crippen LogP contribution < -0.4 is 14.8 Å². The number of hydrogen-bond donors (Lipinski definition) is 2. The third-order valence-electron chi connectivity index (χ3n) is 3.93. The highest BCUT2D eigenvalue weighted by molar-refractivity contribution is 7.90. The molecule has 1 aromatic rings. The van der Waals surface area contributed by atoms with Crippen LogP contribution in [-0.2, 0) is 14.6 Å². The lowest BCUT2D eigenvalue weighted by Gasteiger charge is -2.23. The van der Waals surface area contributed by atoms with Crippen LogP contribution in [0.5, 0.6) is 11.5 Å². The number of carboxylic acids is 1. The second-order valence-electron chi connectivity index (χ2n) is 5.54. The first-order valence-corrected chi connectivity index (χ1v) is 8.85. The lowest BCUT2D eigenvalue weighted by atomic mass is 9.99. The van der Waals surface area contributed by atoms with Gasteiger partial charge in [0.2, 0.25) is 0 Å². The summed E-state index contributed by atoms with van der Waals surface area (Å²) < 4.78 is 35.1. The summed E-state index contributed by atoms with van der Waals surface area (Å²) in [4.78, 5) is 11.2. The van der Waals surface area contributed by atoms with Crippen LogP contribution in [0.4, 0.5) is 0 Å². The van der Waals surface area contributed by atoms with Crippen LogP contribution in [0, 0.1) is 5.92 Å². The van der Waals surface area contributed by atoms with Crippen molar-refractivity contribution in [2.75, 3.05) is 26.0 Å². The Balaban J connectivity index is 2.04. The van der Waals surface area contributed by atoms with Crippen molar-refractivity contribution in [1.29, 1.82) is 0 Å². The van der Waals surface area contributed by atoms with Gasteiger partial charge in [0, 0.05) is 24.9 Å². The fourth-order valence-corrected chi connectivity index (χ4v) is 3.79. The zero-order valence-corrected chi connectivity index (χ0v) is 12.9. The second-order valence-corrected chi connectivity index (χ2v) is 7.52. The van der Waals surface area contributed by atoms with E-state index in [1.165, 1.54) is 6.07 Å². The molecule has 0 saturated carbocycles. The van der Waals surface area contributed by atoms with Gasteiger partial charge in [-0.1, -0.05) is 0 Å². The molecule has 2 atom stereocenters. The maximum Gasteiger partial charge on any atom is 0.307 e. The number of ether oxygens (including phenoxy) is 2. The van der Waals surface area contributed by atoms with Crippen molar-refractivity contribution in [1.82, 2.24) is 5.32 Å². The number of nitrogens with one attached hydrogen (secondary N) is 1. The van der Waals surface area contributed by atoms with Crippen LogP contribution in [-0.4, -0.2) is 45.5 Å². The van der Waals surface area contributed by atoms with Gasteiger partial charge in [-0.15, -0.1) is 0 Å². The smallest absolute Gasteiger partial charge is 0.307 e. The van der Waals surface area contributed by atoms with Crippen LogP contribution in [0.25, 0.3) is 0 Å². The van der Waals surface area contributed by atoms with Gasteiger partial charge < -0.3 is 19.9 Å². The fourth-order valence-electron chi connectivity index (χ4n) is 2.84. The Morgan fingerprint density at radius 1 is 1.27 bits per heavy atom. The van der Waals surface area contributed by atoms with Crippen molar-refractivity contribution in [2.45, 2.75) is 17.4 Å². The molecular formula is C14H17NO6S. The maximum absolute atomic E-state index is 12.1. The van der Waals surface area contributed by atoms with Gasteiger partial charge in [0.25, 0.3) is 0 Å². The molecule has 8 heteroatoms. The Labute approximate surface area is 128 Å². The molecule has 2 aliphatic heterocycles. The number of sulfone groups is 1. The number of carboxylic acid groups (broad SMARTS) is 1. The fraction of sp³-hybridized carbons (Fsp3) is 0.500. The number of hydrogen-bond acceptors (Lipinski definition) is 6. The number of aliphatic carboxylic acids is 1. The highest BCUT2D eigenvalue weighted by Gasteiger charge is 2.34. The Bertz CT molecular complexity index is 714. The molecule has 0 aliphatic carbocycles. The van der Waals surface area contributed by atoms with E-state index in [9.17, 15) is 13.2 Å². The van der Waals surface area contributed by atoms with E-state index < -0.39 is 21.7 Å². The molecule has 2 aliphatic rings. The SMILES string of the molecule is CS(=O)(=O)c1cc2c(cc1C1CC(C(=O)O)CN1)OCCO2. The van der Waals surface area contributed by atoms with Crippen LogP contribution in [0.1, 0.15) is 18.0 Å². The van der Waals surface area contributed by atoms with Gasteiger partial charge in [0.05, 0.1) is 10.8 Å². The normalized spacial score (nSPS) is 24.2. The minimum absolute atomic E-state index is 0.153. The Morgan fingerprint density at radius 2 is 1.91 bits per heavy atom. The molecule has 1 fully saturated rings. The van der Waals surface area contributed by atoms with Gasteiger partial charge in [-0.25, -0.2) is 8.42 Å². The van der Waals surface area contributed by atoms with Gasteiger partial charge in [-0.2, -0.15) is 0 Å². The van der Waals surface area contributed by atoms with Crippen molar-refractivity contribution < 1.29 is 27.8 Å². The largest absolute Gasteiger partial charge is 0.486 e. The highest BCUT2D eigenvalue weighted by atomic mass is 32.2. The van der Waals surface area contributed by atoms with Gasteiger partial charge in [-0.3, -0.25) is 4.79 Å². The molecule has 0 bridgehead atoms. The second kappa shape index (κ2) is 5.44. The van der Waals surface area contributed by atoms with Crippen LogP contribution in [0.2, 0.25) is 0 Å². The molecule has 7 nitrogen and oxygen atoms in total. The Morgan fingerprint density at radius 3 is 2.45 bits per heavy atom. The molecule has 2 N–H and O–H groups in total. The summed E-state index contributed by atoms with van der Waals surface area (Å²) in [5, 5.41) is 12.2. The molecule has 0 amide bonds. The van der Waals surface area contributed by atoms with E-state index in [4.69, 9.17) is 14.6 Å². The van der Waals surface area contributed by atoms with E-state index >= 15 is 0 Å². The lowest BCUT2D eigenvalue weighted by molar-refractivity contribution is -0.141. The van der Waals surface area contributed by atoms with E-state index in [1.54, 1.807) is 6.07 Å². The molecule has 0 radical (unpaired) electrons. The molecule has 1 saturated heterocycles. The van der Waals surface area contributed by atoms with Crippen molar-refractivity contribution in [3.8, 4) is 11.5 Å². The lowest BCUT2D eigenvalue weighted by Crippen LogP contribution is -2.20. The van der Waals surface area contributed by atoms with Crippen LogP contribution in [0.15, 0.2) is 17.0 Å². The van der Waals surface area contributed by atoms with Gasteiger partial charge >= 0.3 is 5.97 Å². The zero-order valence-electron chi connectivity index (χ0n) is 12.0. The third kappa shape index (κ3) is 2.76. The van der Waals surface area contributed by atoms with Gasteiger partial charge in [0.15, 0.2) is 21.3 Å². The molecule has 0 spiro atoms. The molecule has 120 valence electrons. The molecule has 0 aromatic heterocycles. The summed E-state index contributed by atoms with van der Waals surface area (Å²) in [7, 11) is -3.47. The predicted molar refractivity (Wildman–Crippen MR) is 77.0 cm³/mol. The average molecular weight is 327 g/mol. The first kappa shape index (κ1) is 15.1. The monoisotopic (exact) mass is 327 g/mol. The van der Waals surface area contributed by atoms with Crippen molar-refractivity contribution >= 4 is 15.8 Å². The number of carbonyl (C=O) groups is 1. The van der Waals surface area contributed by atoms with E-state index in [2.05, 4.69) is 5.32 Å². The topological polar surface area (TPSA) is 102 Å². The van der Waals surface area contributed by atoms with Crippen molar-refractivity contribution in [3.63, 3.8) is 0 Å². The summed E-state index contributed by atoms with van der Waals surface area (Å²) in [5.41, 5.74) is 0.538. The summed E-state index contributed by atoms with van der Waals surface area (Å²) in [6.45, 7) is 1.09. The first-order chi connectivity index (χ1) is 10.4. The summed E-state index contributed by atoms with van der Waals surface area (Å²) in [6.07, 6.45) is 1.48. The van der Waals surface area contributed by atoms with Gasteiger partial charge in [0.1, 0.15) is 13.2 Å². The van der Waals surface area contributed by atoms with Crippen LogP contribution >= 0.6 is 0 Å². The molecule has 22 heavy (non-hydrogen) atoms. The molecule has 1 aromatic carbocycles. The van der Waals surface area contributed by atoms with E-state index in [-0.39, 0.29) is 10.9 Å². The van der Waals surface area contributed by atoms with Crippen molar-refractivity contribution in [2.24, 2.45) is 5.92 Å². The Kier molecular flexibility index (Phi) is 3.73. The minimum Gasteiger partial charge on any atom is -0.486 e. The third-order valence-corrected chi connectivity index (χ3v) is 5.08. The summed E-state index contributed by atoms with van der Waals surface area (Å²) in [5.74, 6) is -0.503. The molecule has 3 rings (SSSR count). The minimum atomic E-state index is -3.47. The molecule has 2 unspecified atom stereocenters. The summed E-state index contributed by atoms with van der Waals surface area (Å²) in [6, 6.07) is 2.78. The Hall–Kier alpha value is -1.80. The molecule has 2 heterocycles. The summed E-state index contributed by atoms with van der Waals surface area (Å²) >= 11 is 0. The van der Waals surface area contributed by atoms with E-state index in [0.29, 0.717) is 43.2 Å². The molecular weight excluding hydrogens is 310 g/mol. The van der Waals surface area contributed by atoms with E-state index in [0.717, 1.165) is 6.26 Å². The van der Waals surface area contributed by atoms with E-state index in [1.807, 2.05) is 0 Å². The van der Waals surface area contributed by atoms with Crippen molar-refractivity contribution in [3.05, 3.63) is 17.7 Å². The zero-order chi connectivity index (χ0) is 15.9. The number of rotatable bonds is 3.